The Kier molecular flexibility index (Phi) is 6.70. The van der Waals surface area contributed by atoms with Gasteiger partial charge in [0.2, 0.25) is 0 Å². The van der Waals surface area contributed by atoms with Gasteiger partial charge in [0, 0.05) is 46.3 Å². The Morgan fingerprint density at radius 3 is 2.56 bits per heavy atom. The fraction of sp³-hybridized carbons (Fsp3) is 0.650. The van der Waals surface area contributed by atoms with Gasteiger partial charge in [-0.2, -0.15) is 0 Å². The third-order valence-electron chi connectivity index (χ3n) is 5.28. The zero-order valence-corrected chi connectivity index (χ0v) is 15.7. The van der Waals surface area contributed by atoms with Crippen molar-refractivity contribution in [2.45, 2.75) is 32.4 Å². The van der Waals surface area contributed by atoms with E-state index in [0.29, 0.717) is 5.92 Å². The summed E-state index contributed by atoms with van der Waals surface area (Å²) in [5.41, 5.74) is 2.72. The van der Waals surface area contributed by atoms with E-state index in [4.69, 9.17) is 4.74 Å². The van der Waals surface area contributed by atoms with E-state index in [1.54, 1.807) is 7.11 Å². The smallest absolute Gasteiger partial charge is 0.193 e. The van der Waals surface area contributed by atoms with E-state index in [-0.39, 0.29) is 0 Å². The summed E-state index contributed by atoms with van der Waals surface area (Å²) < 4.78 is 5.29. The second kappa shape index (κ2) is 9.20. The molecule has 25 heavy (non-hydrogen) atoms. The number of ether oxygens (including phenoxy) is 1. The molecule has 0 radical (unpaired) electrons. The highest BCUT2D eigenvalue weighted by molar-refractivity contribution is 5.80. The number of methoxy groups -OCH3 is 1. The molecule has 2 heterocycles. The van der Waals surface area contributed by atoms with Gasteiger partial charge in [-0.05, 0) is 43.5 Å². The zero-order valence-electron chi connectivity index (χ0n) is 15.7. The van der Waals surface area contributed by atoms with Crippen LogP contribution >= 0.6 is 0 Å². The topological polar surface area (TPSA) is 40.1 Å². The van der Waals surface area contributed by atoms with E-state index in [1.807, 2.05) is 7.05 Å². The third-order valence-corrected chi connectivity index (χ3v) is 5.28. The molecule has 2 saturated heterocycles. The van der Waals surface area contributed by atoms with Crippen molar-refractivity contribution in [2.75, 3.05) is 46.9 Å². The molecular formula is C20H32N4O. The van der Waals surface area contributed by atoms with Crippen molar-refractivity contribution in [1.82, 2.24) is 15.1 Å². The molecule has 0 aromatic heterocycles. The summed E-state index contributed by atoms with van der Waals surface area (Å²) in [5.74, 6) is 1.62. The lowest BCUT2D eigenvalue weighted by Crippen LogP contribution is -2.39. The second-order valence-corrected chi connectivity index (χ2v) is 7.26. The zero-order chi connectivity index (χ0) is 17.5. The normalized spacial score (nSPS) is 21.9. The van der Waals surface area contributed by atoms with Crippen molar-refractivity contribution in [1.29, 1.82) is 0 Å². The number of guanidine groups is 1. The van der Waals surface area contributed by atoms with Gasteiger partial charge in [-0.15, -0.1) is 0 Å². The fourth-order valence-electron chi connectivity index (χ4n) is 3.87. The number of benzene rings is 1. The third kappa shape index (κ3) is 5.19. The summed E-state index contributed by atoms with van der Waals surface area (Å²) in [7, 11) is 3.65. The largest absolute Gasteiger partial charge is 0.384 e. The molecule has 1 aromatic carbocycles. The Bertz CT molecular complexity index is 551. The van der Waals surface area contributed by atoms with Crippen LogP contribution in [-0.4, -0.2) is 62.7 Å². The van der Waals surface area contributed by atoms with Crippen LogP contribution in [0.4, 0.5) is 0 Å². The van der Waals surface area contributed by atoms with Crippen molar-refractivity contribution in [3.05, 3.63) is 35.4 Å². The molecule has 0 saturated carbocycles. The number of nitrogens with one attached hydrogen (secondary N) is 1. The Hall–Kier alpha value is -1.59. The maximum Gasteiger partial charge on any atom is 0.193 e. The van der Waals surface area contributed by atoms with E-state index in [2.05, 4.69) is 44.4 Å². The van der Waals surface area contributed by atoms with Gasteiger partial charge in [-0.1, -0.05) is 24.3 Å². The van der Waals surface area contributed by atoms with Gasteiger partial charge < -0.3 is 15.0 Å². The number of hydrogen-bond donors (Lipinski definition) is 1. The maximum atomic E-state index is 5.29. The van der Waals surface area contributed by atoms with E-state index in [1.165, 1.54) is 43.5 Å². The summed E-state index contributed by atoms with van der Waals surface area (Å²) in [6.45, 7) is 7.34. The Balaban J connectivity index is 1.47. The van der Waals surface area contributed by atoms with E-state index < -0.39 is 0 Å². The SMILES string of the molecule is CN=C(NCc1ccc(CN2CCCC2)cc1)N1CCC(COC)C1. The van der Waals surface area contributed by atoms with Crippen LogP contribution in [0, 0.1) is 5.92 Å². The molecule has 3 rings (SSSR count). The van der Waals surface area contributed by atoms with Crippen LogP contribution in [0.1, 0.15) is 30.4 Å². The highest BCUT2D eigenvalue weighted by Crippen LogP contribution is 2.17. The van der Waals surface area contributed by atoms with Crippen LogP contribution in [0.15, 0.2) is 29.3 Å². The average molecular weight is 345 g/mol. The molecule has 1 aromatic rings. The highest BCUT2D eigenvalue weighted by atomic mass is 16.5. The van der Waals surface area contributed by atoms with Crippen LogP contribution in [0.5, 0.6) is 0 Å². The molecule has 0 amide bonds. The lowest BCUT2D eigenvalue weighted by Gasteiger charge is -2.22. The van der Waals surface area contributed by atoms with Crippen molar-refractivity contribution >= 4 is 5.96 Å². The molecule has 5 nitrogen and oxygen atoms in total. The standard InChI is InChI=1S/C20H32N4O/c1-21-20(24-12-9-19(15-24)16-25-2)22-13-17-5-7-18(8-6-17)14-23-10-3-4-11-23/h5-8,19H,3-4,9-16H2,1-2H3,(H,21,22). The molecule has 2 fully saturated rings. The van der Waals surface area contributed by atoms with Crippen molar-refractivity contribution in [2.24, 2.45) is 10.9 Å². The van der Waals surface area contributed by atoms with E-state index in [0.717, 1.165) is 38.7 Å². The fourth-order valence-corrected chi connectivity index (χ4v) is 3.87. The molecule has 2 aliphatic heterocycles. The van der Waals surface area contributed by atoms with Gasteiger partial charge in [0.15, 0.2) is 5.96 Å². The summed E-state index contributed by atoms with van der Waals surface area (Å²) in [4.78, 5) is 9.33. The Morgan fingerprint density at radius 1 is 1.16 bits per heavy atom. The monoisotopic (exact) mass is 344 g/mol. The molecule has 1 N–H and O–H groups in total. The second-order valence-electron chi connectivity index (χ2n) is 7.26. The molecule has 0 bridgehead atoms. The van der Waals surface area contributed by atoms with Crippen molar-refractivity contribution in [3.8, 4) is 0 Å². The minimum Gasteiger partial charge on any atom is -0.384 e. The highest BCUT2D eigenvalue weighted by Gasteiger charge is 2.24. The maximum absolute atomic E-state index is 5.29. The number of hydrogen-bond acceptors (Lipinski definition) is 3. The predicted molar refractivity (Wildman–Crippen MR) is 103 cm³/mol. The first-order valence-electron chi connectivity index (χ1n) is 9.53. The van der Waals surface area contributed by atoms with Crippen LogP contribution in [0.25, 0.3) is 0 Å². The first kappa shape index (κ1) is 18.2. The number of nitrogens with zero attached hydrogens (tertiary/aromatic N) is 3. The van der Waals surface area contributed by atoms with Gasteiger partial charge in [0.05, 0.1) is 6.61 Å². The van der Waals surface area contributed by atoms with Gasteiger partial charge in [0.25, 0.3) is 0 Å². The molecular weight excluding hydrogens is 312 g/mol. The minimum absolute atomic E-state index is 0.619. The summed E-state index contributed by atoms with van der Waals surface area (Å²) >= 11 is 0. The minimum atomic E-state index is 0.619. The van der Waals surface area contributed by atoms with Crippen LogP contribution in [0.3, 0.4) is 0 Å². The molecule has 1 unspecified atom stereocenters. The molecule has 0 spiro atoms. The summed E-state index contributed by atoms with van der Waals surface area (Å²) in [5, 5.41) is 3.51. The summed E-state index contributed by atoms with van der Waals surface area (Å²) in [6.07, 6.45) is 3.88. The molecule has 1 atom stereocenters. The Labute approximate surface area is 152 Å². The van der Waals surface area contributed by atoms with E-state index >= 15 is 0 Å². The van der Waals surface area contributed by atoms with Crippen molar-refractivity contribution in [3.63, 3.8) is 0 Å². The molecule has 138 valence electrons. The van der Waals surface area contributed by atoms with Crippen LogP contribution in [0.2, 0.25) is 0 Å². The van der Waals surface area contributed by atoms with Crippen LogP contribution < -0.4 is 5.32 Å². The van der Waals surface area contributed by atoms with Gasteiger partial charge in [0.1, 0.15) is 0 Å². The van der Waals surface area contributed by atoms with Gasteiger partial charge in [-0.25, -0.2) is 0 Å². The lowest BCUT2D eigenvalue weighted by atomic mass is 10.1. The molecule has 0 aliphatic carbocycles. The first-order chi connectivity index (χ1) is 12.3. The van der Waals surface area contributed by atoms with Gasteiger partial charge in [-0.3, -0.25) is 9.89 Å². The molecule has 2 aliphatic rings. The average Bonchev–Trinajstić information content (AvgIpc) is 3.30. The van der Waals surface area contributed by atoms with Crippen LogP contribution in [-0.2, 0) is 17.8 Å². The summed E-state index contributed by atoms with van der Waals surface area (Å²) in [6, 6.07) is 9.01. The lowest BCUT2D eigenvalue weighted by molar-refractivity contribution is 0.157. The predicted octanol–water partition coefficient (Wildman–Crippen LogP) is 2.33. The number of aliphatic imine (C=N–C) groups is 1. The van der Waals surface area contributed by atoms with Crippen molar-refractivity contribution < 1.29 is 4.74 Å². The van der Waals surface area contributed by atoms with Gasteiger partial charge >= 0.3 is 0 Å². The number of likely N-dealkylation sites (tertiary alicyclic amines) is 2. The molecule has 5 heteroatoms. The first-order valence-corrected chi connectivity index (χ1v) is 9.53. The van der Waals surface area contributed by atoms with E-state index in [9.17, 15) is 0 Å². The Morgan fingerprint density at radius 2 is 1.88 bits per heavy atom. The quantitative estimate of drug-likeness (QED) is 0.635. The number of rotatable bonds is 6.